The lowest BCUT2D eigenvalue weighted by molar-refractivity contribution is -0.116. The Kier molecular flexibility index (Phi) is 2.39. The quantitative estimate of drug-likeness (QED) is 0.719. The molecule has 1 unspecified atom stereocenters. The lowest BCUT2D eigenvalue weighted by Crippen LogP contribution is -2.13. The number of hydrogen-bond acceptors (Lipinski definition) is 3. The molecule has 2 N–H and O–H groups in total. The maximum atomic E-state index is 12.5. The average Bonchev–Trinajstić information content (AvgIpc) is 3.01. The summed E-state index contributed by atoms with van der Waals surface area (Å²) in [4.78, 5) is 12.5. The van der Waals surface area contributed by atoms with Gasteiger partial charge in [0.1, 0.15) is 5.52 Å². The molecule has 4 rings (SSSR count). The SMILES string of the molecule is Cc1ccc2c(c1)C(c1cc(C)cc3nn[nH]c13)C(=O)N2. The summed E-state index contributed by atoms with van der Waals surface area (Å²) in [6, 6.07) is 10.0. The standard InChI is InChI=1S/C16H14N4O/c1-8-3-4-12-10(5-8)14(16(21)17-12)11-6-9(2)7-13-15(11)19-20-18-13/h3-7,14H,1-2H3,(H,17,21)(H,18,19,20). The van der Waals surface area contributed by atoms with Crippen molar-refractivity contribution in [3.05, 3.63) is 52.6 Å². The average molecular weight is 278 g/mol. The molecule has 5 heteroatoms. The molecule has 5 nitrogen and oxygen atoms in total. The van der Waals surface area contributed by atoms with E-state index in [9.17, 15) is 4.79 Å². The van der Waals surface area contributed by atoms with E-state index in [1.165, 1.54) is 0 Å². The van der Waals surface area contributed by atoms with Crippen molar-refractivity contribution in [1.82, 2.24) is 15.4 Å². The summed E-state index contributed by atoms with van der Waals surface area (Å²) in [6.45, 7) is 4.03. The molecule has 0 aliphatic carbocycles. The number of aryl methyl sites for hydroxylation is 2. The highest BCUT2D eigenvalue weighted by atomic mass is 16.2. The molecular weight excluding hydrogens is 264 g/mol. The fraction of sp³-hybridized carbons (Fsp3) is 0.188. The molecule has 3 aromatic rings. The van der Waals surface area contributed by atoms with Crippen LogP contribution in [0.15, 0.2) is 30.3 Å². The highest BCUT2D eigenvalue weighted by Gasteiger charge is 2.33. The first-order valence-corrected chi connectivity index (χ1v) is 6.86. The van der Waals surface area contributed by atoms with Gasteiger partial charge < -0.3 is 5.32 Å². The van der Waals surface area contributed by atoms with Crippen molar-refractivity contribution in [2.75, 3.05) is 5.32 Å². The van der Waals surface area contributed by atoms with Crippen LogP contribution >= 0.6 is 0 Å². The topological polar surface area (TPSA) is 70.7 Å². The molecule has 1 aromatic heterocycles. The van der Waals surface area contributed by atoms with Crippen molar-refractivity contribution in [2.24, 2.45) is 0 Å². The molecule has 0 fully saturated rings. The van der Waals surface area contributed by atoms with Crippen LogP contribution in [0.5, 0.6) is 0 Å². The summed E-state index contributed by atoms with van der Waals surface area (Å²) < 4.78 is 0. The number of aromatic amines is 1. The van der Waals surface area contributed by atoms with Crippen LogP contribution in [-0.2, 0) is 4.79 Å². The molecule has 0 radical (unpaired) electrons. The smallest absolute Gasteiger partial charge is 0.236 e. The number of benzene rings is 2. The number of aromatic nitrogens is 3. The van der Waals surface area contributed by atoms with Gasteiger partial charge >= 0.3 is 0 Å². The van der Waals surface area contributed by atoms with E-state index in [2.05, 4.69) is 26.8 Å². The second kappa shape index (κ2) is 4.15. The fourth-order valence-corrected chi connectivity index (χ4v) is 3.04. The molecule has 1 aliphatic rings. The van der Waals surface area contributed by atoms with Crippen molar-refractivity contribution in [1.29, 1.82) is 0 Å². The minimum atomic E-state index is -0.315. The van der Waals surface area contributed by atoms with Crippen LogP contribution in [0.3, 0.4) is 0 Å². The van der Waals surface area contributed by atoms with E-state index >= 15 is 0 Å². The number of nitrogens with zero attached hydrogens (tertiary/aromatic N) is 2. The number of fused-ring (bicyclic) bond motifs is 2. The molecule has 1 amide bonds. The molecular formula is C16H14N4O. The minimum Gasteiger partial charge on any atom is -0.325 e. The predicted octanol–water partition coefficient (Wildman–Crippen LogP) is 2.66. The van der Waals surface area contributed by atoms with E-state index in [4.69, 9.17) is 0 Å². The third-order valence-corrected chi connectivity index (χ3v) is 3.96. The molecule has 21 heavy (non-hydrogen) atoms. The number of amides is 1. The normalized spacial score (nSPS) is 17.0. The van der Waals surface area contributed by atoms with Crippen LogP contribution in [0.2, 0.25) is 0 Å². The summed E-state index contributed by atoms with van der Waals surface area (Å²) in [5.74, 6) is -0.318. The molecule has 2 heterocycles. The number of anilines is 1. The molecule has 0 bridgehead atoms. The first kappa shape index (κ1) is 12.1. The van der Waals surface area contributed by atoms with Crippen LogP contribution in [0.4, 0.5) is 5.69 Å². The summed E-state index contributed by atoms with van der Waals surface area (Å²) >= 11 is 0. The number of rotatable bonds is 1. The van der Waals surface area contributed by atoms with Crippen LogP contribution < -0.4 is 5.32 Å². The summed E-state index contributed by atoms with van der Waals surface area (Å²) in [7, 11) is 0. The number of carbonyl (C=O) groups is 1. The third kappa shape index (κ3) is 1.74. The zero-order chi connectivity index (χ0) is 14.6. The number of carbonyl (C=O) groups excluding carboxylic acids is 1. The van der Waals surface area contributed by atoms with Crippen molar-refractivity contribution < 1.29 is 4.79 Å². The van der Waals surface area contributed by atoms with E-state index < -0.39 is 0 Å². The van der Waals surface area contributed by atoms with Gasteiger partial charge in [0.25, 0.3) is 0 Å². The van der Waals surface area contributed by atoms with Gasteiger partial charge in [-0.2, -0.15) is 0 Å². The molecule has 0 saturated carbocycles. The lowest BCUT2D eigenvalue weighted by atomic mass is 9.90. The van der Waals surface area contributed by atoms with Gasteiger partial charge in [-0.1, -0.05) is 29.0 Å². The summed E-state index contributed by atoms with van der Waals surface area (Å²) in [5.41, 5.74) is 6.66. The van der Waals surface area contributed by atoms with Crippen LogP contribution in [-0.4, -0.2) is 21.3 Å². The molecule has 1 atom stereocenters. The summed E-state index contributed by atoms with van der Waals surface area (Å²) in [6.07, 6.45) is 0. The van der Waals surface area contributed by atoms with E-state index in [1.54, 1.807) is 0 Å². The van der Waals surface area contributed by atoms with E-state index in [0.29, 0.717) is 0 Å². The maximum Gasteiger partial charge on any atom is 0.236 e. The predicted molar refractivity (Wildman–Crippen MR) is 80.3 cm³/mol. The number of nitrogens with one attached hydrogen (secondary N) is 2. The summed E-state index contributed by atoms with van der Waals surface area (Å²) in [5, 5.41) is 13.8. The Morgan fingerprint density at radius 1 is 1.05 bits per heavy atom. The number of H-pyrrole nitrogens is 1. The van der Waals surface area contributed by atoms with Gasteiger partial charge in [-0.05, 0) is 42.7 Å². The zero-order valence-corrected chi connectivity index (χ0v) is 11.8. The van der Waals surface area contributed by atoms with Crippen LogP contribution in [0.25, 0.3) is 11.0 Å². The molecule has 0 spiro atoms. The Morgan fingerprint density at radius 2 is 1.86 bits per heavy atom. The van der Waals surface area contributed by atoms with Gasteiger partial charge in [-0.25, -0.2) is 0 Å². The van der Waals surface area contributed by atoms with E-state index in [-0.39, 0.29) is 11.8 Å². The van der Waals surface area contributed by atoms with Gasteiger partial charge in [-0.3, -0.25) is 9.89 Å². The lowest BCUT2D eigenvalue weighted by Gasteiger charge is -2.11. The monoisotopic (exact) mass is 278 g/mol. The fourth-order valence-electron chi connectivity index (χ4n) is 3.04. The van der Waals surface area contributed by atoms with Crippen molar-refractivity contribution in [2.45, 2.75) is 19.8 Å². The highest BCUT2D eigenvalue weighted by Crippen LogP contribution is 2.39. The second-order valence-electron chi connectivity index (χ2n) is 5.57. The molecule has 0 saturated heterocycles. The van der Waals surface area contributed by atoms with Gasteiger partial charge in [0, 0.05) is 5.69 Å². The van der Waals surface area contributed by atoms with E-state index in [1.807, 2.05) is 38.1 Å². The van der Waals surface area contributed by atoms with Crippen LogP contribution in [0, 0.1) is 13.8 Å². The Bertz CT molecular complexity index is 881. The van der Waals surface area contributed by atoms with Crippen molar-refractivity contribution >= 4 is 22.6 Å². The Morgan fingerprint density at radius 3 is 2.71 bits per heavy atom. The largest absolute Gasteiger partial charge is 0.325 e. The Balaban J connectivity index is 1.99. The molecule has 104 valence electrons. The van der Waals surface area contributed by atoms with Gasteiger partial charge in [-0.15, -0.1) is 5.10 Å². The van der Waals surface area contributed by atoms with Crippen molar-refractivity contribution in [3.63, 3.8) is 0 Å². The van der Waals surface area contributed by atoms with E-state index in [0.717, 1.165) is 39.0 Å². The van der Waals surface area contributed by atoms with Gasteiger partial charge in [0.2, 0.25) is 5.91 Å². The second-order valence-corrected chi connectivity index (χ2v) is 5.57. The van der Waals surface area contributed by atoms with Crippen molar-refractivity contribution in [3.8, 4) is 0 Å². The molecule has 1 aliphatic heterocycles. The maximum absolute atomic E-state index is 12.5. The first-order valence-electron chi connectivity index (χ1n) is 6.86. The number of hydrogen-bond donors (Lipinski definition) is 2. The Hall–Kier alpha value is -2.69. The first-order chi connectivity index (χ1) is 10.1. The molecule has 2 aromatic carbocycles. The minimum absolute atomic E-state index is 0.00269. The van der Waals surface area contributed by atoms with Crippen LogP contribution in [0.1, 0.15) is 28.2 Å². The van der Waals surface area contributed by atoms with Gasteiger partial charge in [0.05, 0.1) is 11.4 Å². The highest BCUT2D eigenvalue weighted by molar-refractivity contribution is 6.06. The van der Waals surface area contributed by atoms with Gasteiger partial charge in [0.15, 0.2) is 0 Å². The zero-order valence-electron chi connectivity index (χ0n) is 11.8. The third-order valence-electron chi connectivity index (χ3n) is 3.96. The Labute approximate surface area is 121 Å².